The van der Waals surface area contributed by atoms with Crippen LogP contribution in [0, 0.1) is 0 Å². The average molecular weight is 364 g/mol. The highest BCUT2D eigenvalue weighted by molar-refractivity contribution is 7.87. The van der Waals surface area contributed by atoms with E-state index in [4.69, 9.17) is 4.52 Å². The smallest absolute Gasteiger partial charge is 0.279 e. The SMILES string of the molecule is CC(C)c1noc(C2CCCN(S(=O)(=O)NCc3ccccc3)C2)n1. The van der Waals surface area contributed by atoms with Crippen molar-refractivity contribution in [2.75, 3.05) is 13.1 Å². The Morgan fingerprint density at radius 3 is 2.76 bits per heavy atom. The third-order valence-electron chi connectivity index (χ3n) is 4.35. The van der Waals surface area contributed by atoms with Crippen LogP contribution in [-0.2, 0) is 16.8 Å². The van der Waals surface area contributed by atoms with E-state index >= 15 is 0 Å². The van der Waals surface area contributed by atoms with E-state index in [0.717, 1.165) is 18.4 Å². The molecule has 1 unspecified atom stereocenters. The van der Waals surface area contributed by atoms with Crippen molar-refractivity contribution >= 4 is 10.2 Å². The molecule has 3 rings (SSSR count). The first kappa shape index (κ1) is 18.0. The van der Waals surface area contributed by atoms with Crippen LogP contribution in [0.1, 0.15) is 55.8 Å². The van der Waals surface area contributed by atoms with Crippen LogP contribution >= 0.6 is 0 Å². The lowest BCUT2D eigenvalue weighted by molar-refractivity contribution is 0.263. The predicted octanol–water partition coefficient (Wildman–Crippen LogP) is 2.41. The van der Waals surface area contributed by atoms with Crippen molar-refractivity contribution in [1.82, 2.24) is 19.2 Å². The highest BCUT2D eigenvalue weighted by Crippen LogP contribution is 2.27. The summed E-state index contributed by atoms with van der Waals surface area (Å²) in [5.74, 6) is 1.33. The molecule has 136 valence electrons. The van der Waals surface area contributed by atoms with Crippen LogP contribution in [-0.4, -0.2) is 36.0 Å². The Morgan fingerprint density at radius 2 is 2.08 bits per heavy atom. The fourth-order valence-electron chi connectivity index (χ4n) is 2.87. The Morgan fingerprint density at radius 1 is 1.32 bits per heavy atom. The minimum absolute atomic E-state index is 0.0537. The summed E-state index contributed by atoms with van der Waals surface area (Å²) in [6.45, 7) is 5.15. The summed E-state index contributed by atoms with van der Waals surface area (Å²) in [5.41, 5.74) is 0.929. The maximum Gasteiger partial charge on any atom is 0.279 e. The van der Waals surface area contributed by atoms with Gasteiger partial charge in [0.05, 0.1) is 5.92 Å². The first-order valence-electron chi connectivity index (χ1n) is 8.58. The Balaban J connectivity index is 1.65. The Hall–Kier alpha value is -1.77. The number of piperidine rings is 1. The molecule has 2 aromatic rings. The molecular formula is C17H24N4O3S. The molecule has 0 radical (unpaired) electrons. The van der Waals surface area contributed by atoms with Crippen molar-refractivity contribution < 1.29 is 12.9 Å². The first-order chi connectivity index (χ1) is 12.0. The monoisotopic (exact) mass is 364 g/mol. The predicted molar refractivity (Wildman–Crippen MR) is 94.1 cm³/mol. The third-order valence-corrected chi connectivity index (χ3v) is 5.87. The molecule has 25 heavy (non-hydrogen) atoms. The van der Waals surface area contributed by atoms with E-state index in [0.29, 0.717) is 24.8 Å². The molecule has 1 atom stereocenters. The lowest BCUT2D eigenvalue weighted by Gasteiger charge is -2.30. The molecule has 1 aromatic heterocycles. The minimum Gasteiger partial charge on any atom is -0.339 e. The van der Waals surface area contributed by atoms with Crippen LogP contribution in [0.25, 0.3) is 0 Å². The van der Waals surface area contributed by atoms with Crippen molar-refractivity contribution in [3.8, 4) is 0 Å². The summed E-state index contributed by atoms with van der Waals surface area (Å²) < 4.78 is 34.7. The number of aromatic nitrogens is 2. The number of benzene rings is 1. The molecule has 2 heterocycles. The molecule has 1 fully saturated rings. The van der Waals surface area contributed by atoms with Crippen LogP contribution < -0.4 is 4.72 Å². The molecular weight excluding hydrogens is 340 g/mol. The summed E-state index contributed by atoms with van der Waals surface area (Å²) in [6, 6.07) is 9.48. The number of nitrogens with one attached hydrogen (secondary N) is 1. The zero-order valence-electron chi connectivity index (χ0n) is 14.6. The van der Waals surface area contributed by atoms with Gasteiger partial charge in [-0.25, -0.2) is 0 Å². The fraction of sp³-hybridized carbons (Fsp3) is 0.529. The van der Waals surface area contributed by atoms with E-state index in [9.17, 15) is 8.42 Å². The highest BCUT2D eigenvalue weighted by Gasteiger charge is 2.32. The van der Waals surface area contributed by atoms with Crippen LogP contribution in [0.5, 0.6) is 0 Å². The molecule has 0 aliphatic carbocycles. The van der Waals surface area contributed by atoms with Gasteiger partial charge in [0.15, 0.2) is 5.82 Å². The second kappa shape index (κ2) is 7.63. The number of nitrogens with zero attached hydrogens (tertiary/aromatic N) is 3. The normalized spacial score (nSPS) is 19.4. The standard InChI is InChI=1S/C17H24N4O3S/c1-13(2)16-19-17(24-20-16)15-9-6-10-21(12-15)25(22,23)18-11-14-7-4-3-5-8-14/h3-5,7-8,13,15,18H,6,9-12H2,1-2H3. The van der Waals surface area contributed by atoms with E-state index in [1.165, 1.54) is 4.31 Å². The number of hydrogen-bond donors (Lipinski definition) is 1. The molecule has 0 amide bonds. The van der Waals surface area contributed by atoms with Crippen molar-refractivity contribution in [3.63, 3.8) is 0 Å². The molecule has 1 N–H and O–H groups in total. The van der Waals surface area contributed by atoms with E-state index in [1.54, 1.807) is 0 Å². The molecule has 1 aliphatic rings. The molecule has 7 nitrogen and oxygen atoms in total. The van der Waals surface area contributed by atoms with Gasteiger partial charge in [-0.3, -0.25) is 0 Å². The van der Waals surface area contributed by atoms with Crippen LogP contribution in [0.2, 0.25) is 0 Å². The van der Waals surface area contributed by atoms with Gasteiger partial charge < -0.3 is 4.52 Å². The van der Waals surface area contributed by atoms with Gasteiger partial charge in [-0.2, -0.15) is 22.4 Å². The van der Waals surface area contributed by atoms with Crippen LogP contribution in [0.15, 0.2) is 34.9 Å². The van der Waals surface area contributed by atoms with E-state index in [2.05, 4.69) is 14.9 Å². The van der Waals surface area contributed by atoms with Crippen molar-refractivity contribution in [2.45, 2.75) is 45.1 Å². The lowest BCUT2D eigenvalue weighted by Crippen LogP contribution is -2.45. The summed E-state index contributed by atoms with van der Waals surface area (Å²) >= 11 is 0. The zero-order valence-corrected chi connectivity index (χ0v) is 15.4. The summed E-state index contributed by atoms with van der Waals surface area (Å²) in [7, 11) is -3.54. The molecule has 0 spiro atoms. The Bertz CT molecular complexity index is 789. The van der Waals surface area contributed by atoms with Crippen LogP contribution in [0.4, 0.5) is 0 Å². The van der Waals surface area contributed by atoms with Crippen molar-refractivity contribution in [3.05, 3.63) is 47.6 Å². The van der Waals surface area contributed by atoms with E-state index < -0.39 is 10.2 Å². The molecule has 0 bridgehead atoms. The first-order valence-corrected chi connectivity index (χ1v) is 10.0. The minimum atomic E-state index is -3.54. The summed E-state index contributed by atoms with van der Waals surface area (Å²) in [4.78, 5) is 4.42. The van der Waals surface area contributed by atoms with Gasteiger partial charge in [0.1, 0.15) is 0 Å². The van der Waals surface area contributed by atoms with Gasteiger partial charge in [0.25, 0.3) is 10.2 Å². The second-order valence-electron chi connectivity index (χ2n) is 6.65. The third kappa shape index (κ3) is 4.45. The Kier molecular flexibility index (Phi) is 5.51. The zero-order chi connectivity index (χ0) is 17.9. The van der Waals surface area contributed by atoms with Gasteiger partial charge in [-0.1, -0.05) is 49.3 Å². The summed E-state index contributed by atoms with van der Waals surface area (Å²) in [5, 5.41) is 3.98. The molecule has 1 saturated heterocycles. The molecule has 1 aliphatic heterocycles. The maximum absolute atomic E-state index is 12.6. The molecule has 8 heteroatoms. The lowest BCUT2D eigenvalue weighted by atomic mass is 10.00. The maximum atomic E-state index is 12.6. The van der Waals surface area contributed by atoms with Gasteiger partial charge in [0, 0.05) is 25.6 Å². The summed E-state index contributed by atoms with van der Waals surface area (Å²) in [6.07, 6.45) is 1.63. The number of hydrogen-bond acceptors (Lipinski definition) is 5. The molecule has 0 saturated carbocycles. The van der Waals surface area contributed by atoms with Crippen LogP contribution in [0.3, 0.4) is 0 Å². The van der Waals surface area contributed by atoms with E-state index in [1.807, 2.05) is 44.2 Å². The largest absolute Gasteiger partial charge is 0.339 e. The van der Waals surface area contributed by atoms with Gasteiger partial charge >= 0.3 is 0 Å². The van der Waals surface area contributed by atoms with Crippen molar-refractivity contribution in [2.24, 2.45) is 0 Å². The quantitative estimate of drug-likeness (QED) is 0.850. The Labute approximate surface area is 148 Å². The van der Waals surface area contributed by atoms with E-state index in [-0.39, 0.29) is 18.4 Å². The second-order valence-corrected chi connectivity index (χ2v) is 8.41. The fourth-order valence-corrected chi connectivity index (χ4v) is 4.15. The topological polar surface area (TPSA) is 88.3 Å². The average Bonchev–Trinajstić information content (AvgIpc) is 3.12. The van der Waals surface area contributed by atoms with Gasteiger partial charge in [-0.05, 0) is 18.4 Å². The van der Waals surface area contributed by atoms with Crippen molar-refractivity contribution in [1.29, 1.82) is 0 Å². The van der Waals surface area contributed by atoms with Gasteiger partial charge in [0.2, 0.25) is 5.89 Å². The van der Waals surface area contributed by atoms with Gasteiger partial charge in [-0.15, -0.1) is 0 Å². The molecule has 1 aromatic carbocycles. The highest BCUT2D eigenvalue weighted by atomic mass is 32.2. The number of rotatable bonds is 6.